The number of benzene rings is 2. The summed E-state index contributed by atoms with van der Waals surface area (Å²) in [5.74, 6) is 4.30. The summed E-state index contributed by atoms with van der Waals surface area (Å²) in [6.07, 6.45) is -2.51. The molecule has 0 amide bonds. The van der Waals surface area contributed by atoms with Crippen molar-refractivity contribution in [3.8, 4) is 28.7 Å². The van der Waals surface area contributed by atoms with Crippen molar-refractivity contribution < 1.29 is 22.7 Å². The van der Waals surface area contributed by atoms with Crippen LogP contribution in [0.1, 0.15) is 24.1 Å². The second-order valence-corrected chi connectivity index (χ2v) is 8.98. The van der Waals surface area contributed by atoms with Gasteiger partial charge in [0.05, 0.1) is 0 Å². The third kappa shape index (κ3) is 7.09. The van der Waals surface area contributed by atoms with Gasteiger partial charge in [-0.25, -0.2) is 4.98 Å². The Kier molecular flexibility index (Phi) is 8.29. The first-order chi connectivity index (χ1) is 17.3. The largest absolute Gasteiger partial charge is 0.492 e. The number of pyridine rings is 1. The molecule has 8 heteroatoms. The predicted molar refractivity (Wildman–Crippen MR) is 133 cm³/mol. The van der Waals surface area contributed by atoms with Gasteiger partial charge in [0.15, 0.2) is 0 Å². The molecule has 0 atom stereocenters. The minimum Gasteiger partial charge on any atom is -0.492 e. The van der Waals surface area contributed by atoms with Crippen molar-refractivity contribution in [2.24, 2.45) is 5.92 Å². The van der Waals surface area contributed by atoms with Crippen LogP contribution in [0.5, 0.6) is 5.75 Å². The lowest BCUT2D eigenvalue weighted by atomic mass is 9.92. The molecule has 0 aliphatic carbocycles. The molecule has 0 bridgehead atoms. The van der Waals surface area contributed by atoms with E-state index in [2.05, 4.69) is 16.8 Å². The SMILES string of the molecule is O=C(C1CCN(CCOc2ccc(C#Cc3ccc(-c4ccc(Cl)cc4)cn3)cc2)CC1)C(F)(F)F. The van der Waals surface area contributed by atoms with E-state index in [0.29, 0.717) is 42.7 Å². The van der Waals surface area contributed by atoms with Crippen molar-refractivity contribution in [1.29, 1.82) is 0 Å². The van der Waals surface area contributed by atoms with Crippen molar-refractivity contribution in [3.05, 3.63) is 83.1 Å². The molecule has 1 aromatic heterocycles. The van der Waals surface area contributed by atoms with Gasteiger partial charge < -0.3 is 4.74 Å². The second kappa shape index (κ2) is 11.6. The number of aromatic nitrogens is 1. The molecule has 4 nitrogen and oxygen atoms in total. The number of carbonyl (C=O) groups excluding carboxylic acids is 1. The number of alkyl halides is 3. The zero-order valence-electron chi connectivity index (χ0n) is 19.4. The topological polar surface area (TPSA) is 42.4 Å². The van der Waals surface area contributed by atoms with Crippen LogP contribution in [0.15, 0.2) is 66.9 Å². The maximum Gasteiger partial charge on any atom is 0.450 e. The van der Waals surface area contributed by atoms with Crippen molar-refractivity contribution in [2.75, 3.05) is 26.2 Å². The Labute approximate surface area is 213 Å². The van der Waals surface area contributed by atoms with Gasteiger partial charge in [-0.2, -0.15) is 13.2 Å². The summed E-state index contributed by atoms with van der Waals surface area (Å²) in [5.41, 5.74) is 3.50. The third-order valence-electron chi connectivity index (χ3n) is 6.04. The van der Waals surface area contributed by atoms with Crippen molar-refractivity contribution >= 4 is 17.4 Å². The number of likely N-dealkylation sites (tertiary alicyclic amines) is 1. The molecule has 0 N–H and O–H groups in total. The quantitative estimate of drug-likeness (QED) is 0.379. The summed E-state index contributed by atoms with van der Waals surface area (Å²) in [7, 11) is 0. The fraction of sp³-hybridized carbons (Fsp3) is 0.286. The highest BCUT2D eigenvalue weighted by Crippen LogP contribution is 2.27. The van der Waals surface area contributed by atoms with E-state index in [0.717, 1.165) is 16.7 Å². The summed E-state index contributed by atoms with van der Waals surface area (Å²) < 4.78 is 43.5. The van der Waals surface area contributed by atoms with Gasteiger partial charge in [0, 0.05) is 34.8 Å². The summed E-state index contributed by atoms with van der Waals surface area (Å²) in [6, 6.07) is 18.8. The van der Waals surface area contributed by atoms with E-state index in [4.69, 9.17) is 16.3 Å². The number of ketones is 1. The summed E-state index contributed by atoms with van der Waals surface area (Å²) in [6.45, 7) is 1.91. The van der Waals surface area contributed by atoms with Crippen LogP contribution in [0.2, 0.25) is 5.02 Å². The lowest BCUT2D eigenvalue weighted by molar-refractivity contribution is -0.177. The van der Waals surface area contributed by atoms with Crippen LogP contribution >= 0.6 is 11.6 Å². The molecule has 0 saturated carbocycles. The van der Waals surface area contributed by atoms with E-state index < -0.39 is 17.9 Å². The number of piperidine rings is 1. The van der Waals surface area contributed by atoms with E-state index in [1.807, 2.05) is 65.6 Å². The maximum atomic E-state index is 12.6. The van der Waals surface area contributed by atoms with Gasteiger partial charge in [0.2, 0.25) is 5.78 Å². The molecule has 0 unspecified atom stereocenters. The fourth-order valence-corrected chi connectivity index (χ4v) is 4.12. The Balaban J connectivity index is 1.22. The number of halogens is 4. The Hall–Kier alpha value is -3.34. The fourth-order valence-electron chi connectivity index (χ4n) is 3.99. The van der Waals surface area contributed by atoms with E-state index in [9.17, 15) is 18.0 Å². The molecular weight excluding hydrogens is 489 g/mol. The number of carbonyl (C=O) groups is 1. The van der Waals surface area contributed by atoms with E-state index in [1.165, 1.54) is 0 Å². The third-order valence-corrected chi connectivity index (χ3v) is 6.30. The van der Waals surface area contributed by atoms with Crippen LogP contribution in [-0.2, 0) is 4.79 Å². The zero-order chi connectivity index (χ0) is 25.5. The van der Waals surface area contributed by atoms with E-state index in [1.54, 1.807) is 6.20 Å². The number of hydrogen-bond donors (Lipinski definition) is 0. The van der Waals surface area contributed by atoms with E-state index in [-0.39, 0.29) is 12.8 Å². The van der Waals surface area contributed by atoms with Crippen LogP contribution in [0, 0.1) is 17.8 Å². The molecule has 0 spiro atoms. The Morgan fingerprint density at radius 2 is 1.64 bits per heavy atom. The van der Waals surface area contributed by atoms with Crippen molar-refractivity contribution in [3.63, 3.8) is 0 Å². The monoisotopic (exact) mass is 512 g/mol. The summed E-state index contributed by atoms with van der Waals surface area (Å²) in [4.78, 5) is 17.8. The average Bonchev–Trinajstić information content (AvgIpc) is 2.88. The first kappa shape index (κ1) is 25.7. The molecule has 1 aliphatic heterocycles. The molecule has 3 aromatic rings. The molecule has 186 valence electrons. The van der Waals surface area contributed by atoms with Crippen LogP contribution in [-0.4, -0.2) is 48.1 Å². The Morgan fingerprint density at radius 1 is 0.972 bits per heavy atom. The molecule has 0 radical (unpaired) electrons. The van der Waals surface area contributed by atoms with E-state index >= 15 is 0 Å². The predicted octanol–water partition coefficient (Wildman–Crippen LogP) is 6.02. The first-order valence-electron chi connectivity index (χ1n) is 11.6. The van der Waals surface area contributed by atoms with Gasteiger partial charge in [-0.3, -0.25) is 9.69 Å². The Morgan fingerprint density at radius 3 is 2.25 bits per heavy atom. The molecule has 1 saturated heterocycles. The Bertz CT molecular complexity index is 1220. The lowest BCUT2D eigenvalue weighted by Gasteiger charge is -2.31. The number of ether oxygens (including phenoxy) is 1. The molecular formula is C28H24ClF3N2O2. The van der Waals surface area contributed by atoms with Gasteiger partial charge in [-0.15, -0.1) is 0 Å². The molecule has 4 rings (SSSR count). The van der Waals surface area contributed by atoms with Gasteiger partial charge in [0.25, 0.3) is 0 Å². The van der Waals surface area contributed by atoms with Gasteiger partial charge in [-0.05, 0) is 79.9 Å². The summed E-state index contributed by atoms with van der Waals surface area (Å²) >= 11 is 5.93. The highest BCUT2D eigenvalue weighted by Gasteiger charge is 2.43. The highest BCUT2D eigenvalue weighted by atomic mass is 35.5. The molecule has 1 aliphatic rings. The van der Waals surface area contributed by atoms with Crippen LogP contribution in [0.3, 0.4) is 0 Å². The highest BCUT2D eigenvalue weighted by molar-refractivity contribution is 6.30. The lowest BCUT2D eigenvalue weighted by Crippen LogP contribution is -2.41. The molecule has 36 heavy (non-hydrogen) atoms. The van der Waals surface area contributed by atoms with Crippen LogP contribution in [0.25, 0.3) is 11.1 Å². The number of Topliss-reactive ketones (excluding diaryl/α,β-unsaturated/α-hetero) is 1. The van der Waals surface area contributed by atoms with Gasteiger partial charge in [0.1, 0.15) is 18.1 Å². The normalized spacial score (nSPS) is 14.7. The second-order valence-electron chi connectivity index (χ2n) is 8.54. The molecule has 1 fully saturated rings. The summed E-state index contributed by atoms with van der Waals surface area (Å²) in [5, 5.41) is 0.687. The van der Waals surface area contributed by atoms with Crippen LogP contribution in [0.4, 0.5) is 13.2 Å². The van der Waals surface area contributed by atoms with Crippen molar-refractivity contribution in [2.45, 2.75) is 19.0 Å². The smallest absolute Gasteiger partial charge is 0.450 e. The minimum absolute atomic E-state index is 0.227. The van der Waals surface area contributed by atoms with Crippen LogP contribution < -0.4 is 4.74 Å². The number of hydrogen-bond acceptors (Lipinski definition) is 4. The standard InChI is InChI=1S/C28H24ClF3N2O2/c29-24-7-4-21(5-8-24)23-6-10-25(33-19-23)9-1-20-2-11-26(12-3-20)36-18-17-34-15-13-22(14-16-34)27(35)28(30,31)32/h2-8,10-12,19,22H,13-18H2. The number of rotatable bonds is 6. The minimum atomic E-state index is -4.74. The molecule has 2 heterocycles. The van der Waals surface area contributed by atoms with Gasteiger partial charge >= 0.3 is 6.18 Å². The first-order valence-corrected chi connectivity index (χ1v) is 12.0. The number of nitrogens with zero attached hydrogens (tertiary/aromatic N) is 2. The van der Waals surface area contributed by atoms with Crippen molar-refractivity contribution in [1.82, 2.24) is 9.88 Å². The van der Waals surface area contributed by atoms with Gasteiger partial charge in [-0.1, -0.05) is 35.7 Å². The zero-order valence-corrected chi connectivity index (χ0v) is 20.1. The molecule has 2 aromatic carbocycles. The average molecular weight is 513 g/mol. The maximum absolute atomic E-state index is 12.6.